The number of ether oxygens (including phenoxy) is 2. The summed E-state index contributed by atoms with van der Waals surface area (Å²) in [6, 6.07) is 19.3. The van der Waals surface area contributed by atoms with Crippen LogP contribution in [0.1, 0.15) is 38.3 Å². The number of esters is 1. The Kier molecular flexibility index (Phi) is 6.35. The second-order valence-corrected chi connectivity index (χ2v) is 9.50. The van der Waals surface area contributed by atoms with E-state index >= 15 is 0 Å². The van der Waals surface area contributed by atoms with Crippen LogP contribution in [0.5, 0.6) is 0 Å². The van der Waals surface area contributed by atoms with Gasteiger partial charge in [0, 0.05) is 13.1 Å². The fourth-order valence-electron chi connectivity index (χ4n) is 4.80. The number of benzene rings is 2. The highest BCUT2D eigenvalue weighted by Gasteiger charge is 2.55. The largest absolute Gasteiger partial charge is 0.459 e. The summed E-state index contributed by atoms with van der Waals surface area (Å²) in [5, 5.41) is 3.58. The molecule has 2 aliphatic rings. The minimum Gasteiger partial charge on any atom is -0.459 e. The van der Waals surface area contributed by atoms with Crippen LogP contribution >= 0.6 is 0 Å². The van der Waals surface area contributed by atoms with Gasteiger partial charge >= 0.3 is 5.97 Å². The van der Waals surface area contributed by atoms with Crippen LogP contribution in [0.3, 0.4) is 0 Å². The third kappa shape index (κ3) is 4.43. The van der Waals surface area contributed by atoms with Crippen LogP contribution in [-0.2, 0) is 24.6 Å². The Morgan fingerprint density at radius 3 is 2.00 bits per heavy atom. The number of morpholine rings is 1. The average molecular weight is 437 g/mol. The van der Waals surface area contributed by atoms with Gasteiger partial charge in [0.1, 0.15) is 11.6 Å². The molecule has 1 amide bonds. The summed E-state index contributed by atoms with van der Waals surface area (Å²) < 4.78 is 11.2. The first-order valence-corrected chi connectivity index (χ1v) is 11.3. The van der Waals surface area contributed by atoms with Crippen LogP contribution in [0, 0.1) is 5.92 Å². The Morgan fingerprint density at radius 2 is 1.50 bits per heavy atom. The molecule has 0 bridgehead atoms. The molecule has 2 heterocycles. The maximum absolute atomic E-state index is 13.9. The van der Waals surface area contributed by atoms with Crippen LogP contribution in [0.15, 0.2) is 60.7 Å². The number of nitrogens with one attached hydrogen (secondary N) is 1. The number of rotatable bonds is 4. The Labute approximate surface area is 189 Å². The summed E-state index contributed by atoms with van der Waals surface area (Å²) in [5.74, 6) is -0.742. The Bertz CT molecular complexity index is 894. The summed E-state index contributed by atoms with van der Waals surface area (Å²) in [5.41, 5.74) is 0.486. The van der Waals surface area contributed by atoms with Crippen molar-refractivity contribution >= 4 is 11.9 Å². The molecule has 2 fully saturated rings. The van der Waals surface area contributed by atoms with E-state index in [2.05, 4.69) is 5.32 Å². The van der Waals surface area contributed by atoms with Gasteiger partial charge in [0.05, 0.1) is 24.7 Å². The summed E-state index contributed by atoms with van der Waals surface area (Å²) in [6.45, 7) is 7.77. The lowest BCUT2D eigenvalue weighted by Gasteiger charge is -2.39. The SMILES string of the molecule is CC(C)(C)OC(=O)[C@H]1C[C@@H](C(=O)N2CCOCC2)C(c2ccccc2)(c2ccccc2)N1. The minimum atomic E-state index is -0.834. The standard InChI is InChI=1S/C26H32N2O4/c1-25(2,3)32-24(30)22-18-21(23(29)28-14-16-31-17-15-28)26(27-22,19-10-6-4-7-11-19)20-12-8-5-9-13-20/h4-13,21-22,27H,14-18H2,1-3H3/t21-,22+/m0/s1. The predicted molar refractivity (Wildman–Crippen MR) is 122 cm³/mol. The highest BCUT2D eigenvalue weighted by molar-refractivity contribution is 5.86. The van der Waals surface area contributed by atoms with Crippen molar-refractivity contribution in [3.63, 3.8) is 0 Å². The molecule has 2 aliphatic heterocycles. The smallest absolute Gasteiger partial charge is 0.323 e. The zero-order valence-electron chi connectivity index (χ0n) is 19.0. The monoisotopic (exact) mass is 436 g/mol. The third-order valence-corrected chi connectivity index (χ3v) is 6.17. The molecule has 0 aromatic heterocycles. The maximum Gasteiger partial charge on any atom is 0.323 e. The van der Waals surface area contributed by atoms with Crippen molar-refractivity contribution in [3.05, 3.63) is 71.8 Å². The van der Waals surface area contributed by atoms with Crippen LogP contribution in [-0.4, -0.2) is 54.7 Å². The lowest BCUT2D eigenvalue weighted by molar-refractivity contribution is -0.157. The number of carbonyl (C=O) groups is 2. The number of carbonyl (C=O) groups excluding carboxylic acids is 2. The van der Waals surface area contributed by atoms with E-state index in [1.54, 1.807) is 0 Å². The van der Waals surface area contributed by atoms with E-state index in [0.29, 0.717) is 32.7 Å². The van der Waals surface area contributed by atoms with E-state index in [4.69, 9.17) is 9.47 Å². The topological polar surface area (TPSA) is 67.9 Å². The van der Waals surface area contributed by atoms with Crippen molar-refractivity contribution in [3.8, 4) is 0 Å². The molecule has 6 nitrogen and oxygen atoms in total. The van der Waals surface area contributed by atoms with Crippen LogP contribution < -0.4 is 5.32 Å². The minimum absolute atomic E-state index is 0.0413. The Hall–Kier alpha value is -2.70. The third-order valence-electron chi connectivity index (χ3n) is 6.17. The van der Waals surface area contributed by atoms with Gasteiger partial charge in [0.2, 0.25) is 5.91 Å². The molecule has 0 unspecified atom stereocenters. The molecule has 0 radical (unpaired) electrons. The van der Waals surface area contributed by atoms with Gasteiger partial charge in [-0.2, -0.15) is 0 Å². The zero-order chi connectivity index (χ0) is 22.8. The van der Waals surface area contributed by atoms with Gasteiger partial charge in [0.15, 0.2) is 0 Å². The van der Waals surface area contributed by atoms with Gasteiger partial charge in [-0.3, -0.25) is 14.9 Å². The molecule has 2 aromatic rings. The van der Waals surface area contributed by atoms with Gasteiger partial charge < -0.3 is 14.4 Å². The van der Waals surface area contributed by atoms with Gasteiger partial charge in [-0.25, -0.2) is 0 Å². The number of hydrogen-bond donors (Lipinski definition) is 1. The number of nitrogens with zero attached hydrogens (tertiary/aromatic N) is 1. The summed E-state index contributed by atoms with van der Waals surface area (Å²) in [7, 11) is 0. The molecule has 32 heavy (non-hydrogen) atoms. The van der Waals surface area contributed by atoms with Crippen LogP contribution in [0.4, 0.5) is 0 Å². The Morgan fingerprint density at radius 1 is 0.969 bits per heavy atom. The molecule has 2 aromatic carbocycles. The Balaban J connectivity index is 1.81. The summed E-state index contributed by atoms with van der Waals surface area (Å²) in [4.78, 5) is 28.9. The van der Waals surface area contributed by atoms with Gasteiger partial charge in [-0.15, -0.1) is 0 Å². The molecular weight excluding hydrogens is 404 g/mol. The van der Waals surface area contributed by atoms with Crippen LogP contribution in [0.2, 0.25) is 0 Å². The summed E-state index contributed by atoms with van der Waals surface area (Å²) in [6.07, 6.45) is 0.370. The fraction of sp³-hybridized carbons (Fsp3) is 0.462. The molecule has 0 saturated carbocycles. The maximum atomic E-state index is 13.9. The average Bonchev–Trinajstić information content (AvgIpc) is 3.21. The molecule has 2 saturated heterocycles. The van der Waals surface area contributed by atoms with E-state index in [-0.39, 0.29) is 11.9 Å². The molecule has 0 spiro atoms. The predicted octanol–water partition coefficient (Wildman–Crippen LogP) is 3.11. The van der Waals surface area contributed by atoms with E-state index in [1.807, 2.05) is 86.3 Å². The van der Waals surface area contributed by atoms with Crippen molar-refractivity contribution < 1.29 is 19.1 Å². The zero-order valence-corrected chi connectivity index (χ0v) is 19.0. The van der Waals surface area contributed by atoms with Crippen molar-refractivity contribution in [2.24, 2.45) is 5.92 Å². The van der Waals surface area contributed by atoms with Gasteiger partial charge in [-0.1, -0.05) is 60.7 Å². The van der Waals surface area contributed by atoms with Gasteiger partial charge in [-0.05, 0) is 38.3 Å². The fourth-order valence-corrected chi connectivity index (χ4v) is 4.80. The molecule has 170 valence electrons. The van der Waals surface area contributed by atoms with E-state index in [1.165, 1.54) is 0 Å². The second-order valence-electron chi connectivity index (χ2n) is 9.50. The molecule has 1 N–H and O–H groups in total. The van der Waals surface area contributed by atoms with E-state index in [9.17, 15) is 9.59 Å². The van der Waals surface area contributed by atoms with Crippen molar-refractivity contribution in [1.82, 2.24) is 10.2 Å². The second kappa shape index (κ2) is 9.04. The van der Waals surface area contributed by atoms with Crippen molar-refractivity contribution in [2.45, 2.75) is 44.4 Å². The van der Waals surface area contributed by atoms with Crippen molar-refractivity contribution in [1.29, 1.82) is 0 Å². The van der Waals surface area contributed by atoms with Crippen LogP contribution in [0.25, 0.3) is 0 Å². The normalized spacial score (nSPS) is 23.0. The highest BCUT2D eigenvalue weighted by Crippen LogP contribution is 2.45. The van der Waals surface area contributed by atoms with E-state index in [0.717, 1.165) is 11.1 Å². The highest BCUT2D eigenvalue weighted by atomic mass is 16.6. The van der Waals surface area contributed by atoms with E-state index < -0.39 is 23.1 Å². The molecule has 2 atom stereocenters. The molecular formula is C26H32N2O4. The van der Waals surface area contributed by atoms with Gasteiger partial charge in [0.25, 0.3) is 0 Å². The lowest BCUT2D eigenvalue weighted by atomic mass is 9.73. The first-order valence-electron chi connectivity index (χ1n) is 11.3. The quantitative estimate of drug-likeness (QED) is 0.746. The number of hydrogen-bond acceptors (Lipinski definition) is 5. The first kappa shape index (κ1) is 22.5. The van der Waals surface area contributed by atoms with Crippen molar-refractivity contribution in [2.75, 3.05) is 26.3 Å². The summed E-state index contributed by atoms with van der Waals surface area (Å²) >= 11 is 0. The molecule has 0 aliphatic carbocycles. The first-order chi connectivity index (χ1) is 15.3. The molecule has 4 rings (SSSR count). The lowest BCUT2D eigenvalue weighted by Crippen LogP contribution is -2.53. The number of amides is 1. The molecule has 6 heteroatoms.